The Hall–Kier alpha value is -4.05. The Kier molecular flexibility index (Phi) is 7.52. The summed E-state index contributed by atoms with van der Waals surface area (Å²) >= 11 is 0. The molecule has 7 nitrogen and oxygen atoms in total. The van der Waals surface area contributed by atoms with Crippen LogP contribution < -0.4 is 21.0 Å². The number of anilines is 1. The third-order valence-corrected chi connectivity index (χ3v) is 4.46. The predicted octanol–water partition coefficient (Wildman–Crippen LogP) is 4.24. The lowest BCUT2D eigenvalue weighted by molar-refractivity contribution is -0.137. The first kappa shape index (κ1) is 23.6. The first-order valence-corrected chi connectivity index (χ1v) is 9.73. The van der Waals surface area contributed by atoms with Crippen molar-refractivity contribution in [2.75, 3.05) is 5.32 Å². The molecular formula is C23H20F3N3O4. The molecule has 3 amide bonds. The Bertz CT molecular complexity index is 1120. The largest absolute Gasteiger partial charge is 0.416 e. The molecular weight excluding hydrogens is 439 g/mol. The van der Waals surface area contributed by atoms with Gasteiger partial charge in [-0.3, -0.25) is 4.79 Å². The van der Waals surface area contributed by atoms with E-state index in [1.54, 1.807) is 54.6 Å². The van der Waals surface area contributed by atoms with Gasteiger partial charge in [0, 0.05) is 23.4 Å². The second-order valence-corrected chi connectivity index (χ2v) is 6.89. The number of alkyl halides is 3. The lowest BCUT2D eigenvalue weighted by atomic mass is 10.1. The summed E-state index contributed by atoms with van der Waals surface area (Å²) in [6.07, 6.45) is -4.63. The van der Waals surface area contributed by atoms with Gasteiger partial charge in [0.2, 0.25) is 0 Å². The van der Waals surface area contributed by atoms with Crippen molar-refractivity contribution in [3.8, 4) is 5.75 Å². The minimum absolute atomic E-state index is 0.00743. The number of aliphatic hydroxyl groups is 1. The number of benzene rings is 3. The molecule has 0 aromatic heterocycles. The Morgan fingerprint density at radius 3 is 2.33 bits per heavy atom. The number of nitrogens with one attached hydrogen (secondary N) is 3. The van der Waals surface area contributed by atoms with Crippen LogP contribution in [-0.2, 0) is 19.3 Å². The van der Waals surface area contributed by atoms with Gasteiger partial charge in [-0.05, 0) is 42.0 Å². The maximum Gasteiger partial charge on any atom is 0.416 e. The minimum atomic E-state index is -4.63. The van der Waals surface area contributed by atoms with Gasteiger partial charge in [0.05, 0.1) is 12.2 Å². The molecule has 172 valence electrons. The zero-order chi connectivity index (χ0) is 23.8. The number of carbonyl (C=O) groups is 2. The van der Waals surface area contributed by atoms with E-state index in [1.165, 1.54) is 6.07 Å². The molecule has 0 saturated heterocycles. The number of hydrogen-bond acceptors (Lipinski definition) is 4. The molecule has 0 spiro atoms. The minimum Gasteiger partial charge on any atom is -0.392 e. The van der Waals surface area contributed by atoms with Crippen LogP contribution in [-0.4, -0.2) is 17.0 Å². The molecule has 0 fully saturated rings. The van der Waals surface area contributed by atoms with Gasteiger partial charge in [-0.25, -0.2) is 4.79 Å². The summed E-state index contributed by atoms with van der Waals surface area (Å²) < 4.78 is 39.1. The smallest absolute Gasteiger partial charge is 0.392 e. The normalized spacial score (nSPS) is 10.9. The van der Waals surface area contributed by atoms with Crippen LogP contribution in [0.3, 0.4) is 0 Å². The fourth-order valence-corrected chi connectivity index (χ4v) is 2.87. The average Bonchev–Trinajstić information content (AvgIpc) is 2.81. The number of urea groups is 1. The molecule has 0 saturated carbocycles. The molecule has 3 aromatic rings. The van der Waals surface area contributed by atoms with Crippen LogP contribution in [0.2, 0.25) is 0 Å². The zero-order valence-electron chi connectivity index (χ0n) is 17.1. The van der Waals surface area contributed by atoms with Crippen LogP contribution in [0, 0.1) is 0 Å². The monoisotopic (exact) mass is 459 g/mol. The maximum absolute atomic E-state index is 13.0. The van der Waals surface area contributed by atoms with Crippen LogP contribution in [0.1, 0.15) is 27.0 Å². The number of carbonyl (C=O) groups excluding carboxylic acids is 2. The van der Waals surface area contributed by atoms with Gasteiger partial charge in [-0.2, -0.15) is 18.7 Å². The molecule has 3 aromatic carbocycles. The summed E-state index contributed by atoms with van der Waals surface area (Å²) in [5.74, 6) is -0.177. The average molecular weight is 459 g/mol. The molecule has 0 radical (unpaired) electrons. The lowest BCUT2D eigenvalue weighted by Crippen LogP contribution is -2.30. The number of rotatable bonds is 7. The van der Waals surface area contributed by atoms with Crippen LogP contribution in [0.25, 0.3) is 0 Å². The maximum atomic E-state index is 13.0. The first-order chi connectivity index (χ1) is 15.8. The molecule has 0 unspecified atom stereocenters. The number of aliphatic hydroxyl groups excluding tert-OH is 1. The third-order valence-electron chi connectivity index (χ3n) is 4.46. The van der Waals surface area contributed by atoms with Crippen molar-refractivity contribution in [3.05, 3.63) is 95.1 Å². The van der Waals surface area contributed by atoms with Gasteiger partial charge >= 0.3 is 12.2 Å². The number of para-hydroxylation sites is 1. The molecule has 0 bridgehead atoms. The summed E-state index contributed by atoms with van der Waals surface area (Å²) in [5, 5.41) is 14.0. The van der Waals surface area contributed by atoms with Crippen molar-refractivity contribution in [1.29, 1.82) is 0 Å². The molecule has 0 heterocycles. The second-order valence-electron chi connectivity index (χ2n) is 6.89. The SMILES string of the molecule is O=C(NCc1ccccc1ONC(=O)c1ccccc1)Nc1cc(CO)cc(C(F)(F)F)c1. The molecule has 0 aliphatic carbocycles. The Balaban J connectivity index is 1.61. The molecule has 0 aliphatic rings. The van der Waals surface area contributed by atoms with Crippen molar-refractivity contribution >= 4 is 17.6 Å². The molecule has 3 rings (SSSR count). The fourth-order valence-electron chi connectivity index (χ4n) is 2.87. The van der Waals surface area contributed by atoms with E-state index in [0.717, 1.165) is 12.1 Å². The van der Waals surface area contributed by atoms with E-state index < -0.39 is 30.3 Å². The predicted molar refractivity (Wildman–Crippen MR) is 114 cm³/mol. The molecule has 33 heavy (non-hydrogen) atoms. The van der Waals surface area contributed by atoms with E-state index in [4.69, 9.17) is 4.84 Å². The molecule has 10 heteroatoms. The first-order valence-electron chi connectivity index (χ1n) is 9.73. The highest BCUT2D eigenvalue weighted by Gasteiger charge is 2.31. The van der Waals surface area contributed by atoms with E-state index in [9.17, 15) is 27.9 Å². The zero-order valence-corrected chi connectivity index (χ0v) is 17.1. The number of hydroxylamine groups is 1. The summed E-state index contributed by atoms with van der Waals surface area (Å²) in [6, 6.07) is 17.1. The van der Waals surface area contributed by atoms with Crippen molar-refractivity contribution in [3.63, 3.8) is 0 Å². The summed E-state index contributed by atoms with van der Waals surface area (Å²) in [7, 11) is 0. The van der Waals surface area contributed by atoms with Crippen molar-refractivity contribution < 1.29 is 32.7 Å². The van der Waals surface area contributed by atoms with E-state index in [-0.39, 0.29) is 23.5 Å². The van der Waals surface area contributed by atoms with Gasteiger partial charge < -0.3 is 20.6 Å². The third kappa shape index (κ3) is 6.71. The Morgan fingerprint density at radius 2 is 1.64 bits per heavy atom. The quantitative estimate of drug-likeness (QED) is 0.397. The summed E-state index contributed by atoms with van der Waals surface area (Å²) in [6.45, 7) is -0.644. The van der Waals surface area contributed by atoms with Crippen molar-refractivity contribution in [2.24, 2.45) is 0 Å². The molecule has 4 N–H and O–H groups in total. The number of halogens is 3. The highest BCUT2D eigenvalue weighted by molar-refractivity contribution is 5.93. The van der Waals surface area contributed by atoms with E-state index in [1.807, 2.05) is 0 Å². The van der Waals surface area contributed by atoms with Crippen LogP contribution in [0.5, 0.6) is 5.75 Å². The summed E-state index contributed by atoms with van der Waals surface area (Å²) in [4.78, 5) is 29.7. The van der Waals surface area contributed by atoms with Crippen molar-refractivity contribution in [2.45, 2.75) is 19.3 Å². The summed E-state index contributed by atoms with van der Waals surface area (Å²) in [5.41, 5.74) is 2.13. The standard InChI is InChI=1S/C23H20F3N3O4/c24-23(25,26)18-10-15(14-30)11-19(12-18)28-22(32)27-13-17-8-4-5-9-20(17)33-29-21(31)16-6-2-1-3-7-16/h1-12,30H,13-14H2,(H,29,31)(H2,27,28,32). The fraction of sp³-hybridized carbons (Fsp3) is 0.130. The van der Waals surface area contributed by atoms with E-state index in [0.29, 0.717) is 11.1 Å². The highest BCUT2D eigenvalue weighted by atomic mass is 19.4. The highest BCUT2D eigenvalue weighted by Crippen LogP contribution is 2.32. The van der Waals surface area contributed by atoms with Crippen LogP contribution >= 0.6 is 0 Å². The van der Waals surface area contributed by atoms with Gasteiger partial charge in [0.1, 0.15) is 0 Å². The van der Waals surface area contributed by atoms with Gasteiger partial charge in [0.15, 0.2) is 5.75 Å². The second kappa shape index (κ2) is 10.5. The van der Waals surface area contributed by atoms with Gasteiger partial charge in [-0.15, -0.1) is 0 Å². The lowest BCUT2D eigenvalue weighted by Gasteiger charge is -2.14. The number of hydrogen-bond donors (Lipinski definition) is 4. The van der Waals surface area contributed by atoms with Crippen LogP contribution in [0.4, 0.5) is 23.7 Å². The van der Waals surface area contributed by atoms with Crippen molar-refractivity contribution in [1.82, 2.24) is 10.8 Å². The van der Waals surface area contributed by atoms with E-state index in [2.05, 4.69) is 16.1 Å². The topological polar surface area (TPSA) is 99.7 Å². The molecule has 0 atom stereocenters. The van der Waals surface area contributed by atoms with E-state index >= 15 is 0 Å². The Morgan fingerprint density at radius 1 is 0.939 bits per heavy atom. The Labute approximate surface area is 187 Å². The van der Waals surface area contributed by atoms with Crippen LogP contribution in [0.15, 0.2) is 72.8 Å². The molecule has 0 aliphatic heterocycles. The number of amides is 3. The van der Waals surface area contributed by atoms with Gasteiger partial charge in [-0.1, -0.05) is 36.4 Å². The van der Waals surface area contributed by atoms with Gasteiger partial charge in [0.25, 0.3) is 5.91 Å².